The molecule has 3 aromatic carbocycles. The maximum atomic E-state index is 12.5. The van der Waals surface area contributed by atoms with E-state index in [1.54, 1.807) is 0 Å². The number of nitro benzene ring substituents is 1. The molecule has 0 unspecified atom stereocenters. The van der Waals surface area contributed by atoms with Gasteiger partial charge in [-0.2, -0.15) is 8.42 Å². The molecule has 13 nitrogen and oxygen atoms in total. The SMILES string of the molecule is O=C(COc1cccc([N+](=O)[O-])c1)Nc1ccc(S(=O)(=O)[O-])c2cc(S(=O)(=O)O)cc([O-])c12.[Na+].[Na+]. The Morgan fingerprint density at radius 2 is 1.71 bits per heavy atom. The second-order valence-electron chi connectivity index (χ2n) is 6.48. The fraction of sp³-hybridized carbons (Fsp3) is 0.0556. The first-order valence-electron chi connectivity index (χ1n) is 8.65. The van der Waals surface area contributed by atoms with Gasteiger partial charge in [0.15, 0.2) is 6.61 Å². The van der Waals surface area contributed by atoms with Crippen LogP contribution in [0.2, 0.25) is 0 Å². The number of ether oxygens (including phenoxy) is 1. The Labute approximate surface area is 242 Å². The molecule has 0 radical (unpaired) electrons. The normalized spacial score (nSPS) is 11.1. The molecule has 0 saturated carbocycles. The van der Waals surface area contributed by atoms with Crippen LogP contribution in [0.4, 0.5) is 11.4 Å². The van der Waals surface area contributed by atoms with E-state index >= 15 is 0 Å². The minimum absolute atomic E-state index is 0. The number of nitro groups is 1. The first-order chi connectivity index (χ1) is 15.3. The van der Waals surface area contributed by atoms with E-state index in [1.807, 2.05) is 0 Å². The zero-order valence-corrected chi connectivity index (χ0v) is 23.8. The summed E-state index contributed by atoms with van der Waals surface area (Å²) >= 11 is 0. The number of nitrogens with one attached hydrogen (secondary N) is 1. The van der Waals surface area contributed by atoms with Crippen LogP contribution in [0, 0.1) is 10.1 Å². The molecule has 3 rings (SSSR count). The van der Waals surface area contributed by atoms with E-state index in [0.29, 0.717) is 12.1 Å². The minimum Gasteiger partial charge on any atom is -0.872 e. The minimum atomic E-state index is -5.17. The smallest absolute Gasteiger partial charge is 0.872 e. The van der Waals surface area contributed by atoms with E-state index in [1.165, 1.54) is 18.2 Å². The Balaban J connectivity index is 0.00000306. The number of hydrogen-bond donors (Lipinski definition) is 2. The first kappa shape index (κ1) is 31.2. The number of carbonyl (C=O) groups excluding carboxylic acids is 1. The molecule has 0 aliphatic carbocycles. The molecule has 35 heavy (non-hydrogen) atoms. The van der Waals surface area contributed by atoms with Crippen LogP contribution in [-0.2, 0) is 25.0 Å². The van der Waals surface area contributed by atoms with Crippen LogP contribution in [0.1, 0.15) is 0 Å². The van der Waals surface area contributed by atoms with Gasteiger partial charge in [0.2, 0.25) is 0 Å². The van der Waals surface area contributed by atoms with Crippen molar-refractivity contribution in [2.45, 2.75) is 9.79 Å². The van der Waals surface area contributed by atoms with Gasteiger partial charge in [-0.15, -0.1) is 0 Å². The molecule has 2 N–H and O–H groups in total. The molecule has 1 amide bonds. The van der Waals surface area contributed by atoms with Gasteiger partial charge in [-0.05, 0) is 35.7 Å². The van der Waals surface area contributed by atoms with Crippen molar-refractivity contribution >= 4 is 48.3 Å². The zero-order valence-electron chi connectivity index (χ0n) is 18.1. The second-order valence-corrected chi connectivity index (χ2v) is 9.25. The van der Waals surface area contributed by atoms with Crippen LogP contribution >= 0.6 is 0 Å². The maximum absolute atomic E-state index is 12.5. The van der Waals surface area contributed by atoms with Crippen LogP contribution in [-0.4, -0.2) is 43.4 Å². The Morgan fingerprint density at radius 1 is 1.06 bits per heavy atom. The summed E-state index contributed by atoms with van der Waals surface area (Å²) in [5, 5.41) is 24.4. The van der Waals surface area contributed by atoms with Gasteiger partial charge in [-0.3, -0.25) is 19.5 Å². The number of rotatable bonds is 7. The van der Waals surface area contributed by atoms with Gasteiger partial charge < -0.3 is 19.7 Å². The van der Waals surface area contributed by atoms with E-state index in [-0.39, 0.29) is 76.2 Å². The van der Waals surface area contributed by atoms with Gasteiger partial charge in [0.05, 0.1) is 20.8 Å². The maximum Gasteiger partial charge on any atom is 1.00 e. The van der Waals surface area contributed by atoms with Crippen molar-refractivity contribution in [1.82, 2.24) is 0 Å². The summed E-state index contributed by atoms with van der Waals surface area (Å²) in [5.74, 6) is -1.96. The molecule has 0 atom stereocenters. The van der Waals surface area contributed by atoms with E-state index < -0.39 is 64.0 Å². The summed E-state index contributed by atoms with van der Waals surface area (Å²) in [6.07, 6.45) is 0. The molecule has 0 aliphatic rings. The quantitative estimate of drug-likeness (QED) is 0.125. The van der Waals surface area contributed by atoms with E-state index in [4.69, 9.17) is 4.74 Å². The number of fused-ring (bicyclic) bond motifs is 1. The van der Waals surface area contributed by atoms with Crippen LogP contribution in [0.25, 0.3) is 10.8 Å². The molecular formula is C18H12N2Na2O11S2. The van der Waals surface area contributed by atoms with Crippen molar-refractivity contribution in [2.24, 2.45) is 0 Å². The summed E-state index contributed by atoms with van der Waals surface area (Å²) in [6, 6.07) is 7.79. The average Bonchev–Trinajstić information content (AvgIpc) is 2.70. The molecule has 0 bridgehead atoms. The third-order valence-electron chi connectivity index (χ3n) is 4.25. The van der Waals surface area contributed by atoms with E-state index in [2.05, 4.69) is 5.32 Å². The summed E-state index contributed by atoms with van der Waals surface area (Å²) in [7, 11) is -10.1. The second kappa shape index (κ2) is 12.0. The summed E-state index contributed by atoms with van der Waals surface area (Å²) < 4.78 is 71.8. The Morgan fingerprint density at radius 3 is 2.29 bits per heavy atom. The Kier molecular flexibility index (Phi) is 10.7. The standard InChI is InChI=1S/C18H14N2O11S2.2Na/c21-15-8-12(32(25,26)27)7-13-16(33(28,29)30)5-4-14(18(13)15)19-17(22)9-31-11-3-1-2-10(6-11)20(23)24;;/h1-8,21H,9H2,(H,19,22)(H,25,26,27)(H,28,29,30);;/q;2*+1/p-2. The van der Waals surface area contributed by atoms with Crippen LogP contribution in [0.5, 0.6) is 11.5 Å². The zero-order chi connectivity index (χ0) is 24.6. The Hall–Kier alpha value is -1.79. The van der Waals surface area contributed by atoms with Crippen LogP contribution in [0.3, 0.4) is 0 Å². The molecule has 3 aromatic rings. The number of non-ortho nitro benzene ring substituents is 1. The monoisotopic (exact) mass is 542 g/mol. The third-order valence-corrected chi connectivity index (χ3v) is 5.98. The number of amides is 1. The van der Waals surface area contributed by atoms with Crippen molar-refractivity contribution in [1.29, 1.82) is 0 Å². The first-order valence-corrected chi connectivity index (χ1v) is 11.5. The fourth-order valence-corrected chi connectivity index (χ4v) is 4.08. The van der Waals surface area contributed by atoms with E-state index in [9.17, 15) is 46.0 Å². The molecular weight excluding hydrogens is 530 g/mol. The third kappa shape index (κ3) is 7.60. The fourth-order valence-electron chi connectivity index (χ4n) is 2.89. The molecule has 0 saturated heterocycles. The number of nitrogens with zero attached hydrogens (tertiary/aromatic N) is 1. The van der Waals surface area contributed by atoms with Gasteiger partial charge in [0.1, 0.15) is 15.9 Å². The average molecular weight is 542 g/mol. The van der Waals surface area contributed by atoms with Gasteiger partial charge in [-0.1, -0.05) is 11.8 Å². The predicted molar refractivity (Wildman–Crippen MR) is 108 cm³/mol. The molecule has 174 valence electrons. The number of benzene rings is 3. The van der Waals surface area contributed by atoms with Gasteiger partial charge in [-0.25, -0.2) is 8.42 Å². The van der Waals surface area contributed by atoms with Crippen molar-refractivity contribution in [3.8, 4) is 11.5 Å². The topological polar surface area (TPSA) is 216 Å². The largest absolute Gasteiger partial charge is 1.00 e. The molecule has 0 aromatic heterocycles. The van der Waals surface area contributed by atoms with Crippen molar-refractivity contribution in [3.05, 3.63) is 58.6 Å². The summed E-state index contributed by atoms with van der Waals surface area (Å²) in [5.41, 5.74) is -0.545. The summed E-state index contributed by atoms with van der Waals surface area (Å²) in [6.45, 7) is -0.665. The van der Waals surface area contributed by atoms with Crippen molar-refractivity contribution in [3.63, 3.8) is 0 Å². The van der Waals surface area contributed by atoms with Gasteiger partial charge in [0, 0.05) is 17.1 Å². The van der Waals surface area contributed by atoms with Gasteiger partial charge in [0.25, 0.3) is 21.7 Å². The molecule has 0 heterocycles. The number of carbonyl (C=O) groups is 1. The van der Waals surface area contributed by atoms with Crippen LogP contribution in [0.15, 0.2) is 58.3 Å². The molecule has 0 fully saturated rings. The van der Waals surface area contributed by atoms with E-state index in [0.717, 1.165) is 18.2 Å². The Bertz CT molecular complexity index is 1510. The summed E-state index contributed by atoms with van der Waals surface area (Å²) in [4.78, 5) is 20.5. The number of anilines is 1. The number of hydrogen-bond acceptors (Lipinski definition) is 10. The predicted octanol–water partition coefficient (Wildman–Crippen LogP) is -5.00. The van der Waals surface area contributed by atoms with Crippen molar-refractivity contribution in [2.75, 3.05) is 11.9 Å². The molecule has 0 aliphatic heterocycles. The van der Waals surface area contributed by atoms with Gasteiger partial charge >= 0.3 is 59.1 Å². The molecule has 17 heteroatoms. The van der Waals surface area contributed by atoms with Crippen molar-refractivity contribution < 1.29 is 105 Å². The molecule has 0 spiro atoms. The van der Waals surface area contributed by atoms with Crippen LogP contribution < -0.4 is 74.3 Å².